The quantitative estimate of drug-likeness (QED) is 0.614. The van der Waals surface area contributed by atoms with Crippen molar-refractivity contribution >= 4 is 40.3 Å². The molecule has 2 aromatic heterocycles. The van der Waals surface area contributed by atoms with Gasteiger partial charge in [-0.3, -0.25) is 9.36 Å². The molecule has 0 radical (unpaired) electrons. The van der Waals surface area contributed by atoms with E-state index < -0.39 is 11.7 Å². The summed E-state index contributed by atoms with van der Waals surface area (Å²) in [6.45, 7) is 2.36. The molecule has 1 amide bonds. The highest BCUT2D eigenvalue weighted by Gasteiger charge is 2.14. The Balaban J connectivity index is 0.000000290. The maximum absolute atomic E-state index is 13.8. The van der Waals surface area contributed by atoms with Crippen LogP contribution in [0.1, 0.15) is 49.4 Å². The number of para-hydroxylation sites is 1. The average Bonchev–Trinajstić information content (AvgIpc) is 3.01. The van der Waals surface area contributed by atoms with Gasteiger partial charge in [-0.05, 0) is 24.1 Å². The first-order chi connectivity index (χ1) is 13.9. The first-order valence-corrected chi connectivity index (χ1v) is 10.1. The van der Waals surface area contributed by atoms with E-state index in [2.05, 4.69) is 22.2 Å². The predicted molar refractivity (Wildman–Crippen MR) is 114 cm³/mol. The van der Waals surface area contributed by atoms with Gasteiger partial charge in [0.15, 0.2) is 5.65 Å². The summed E-state index contributed by atoms with van der Waals surface area (Å²) >= 11 is 5.98. The third-order valence-electron chi connectivity index (χ3n) is 5.09. The zero-order valence-corrected chi connectivity index (χ0v) is 17.3. The fourth-order valence-corrected chi connectivity index (χ4v) is 3.57. The molecule has 29 heavy (non-hydrogen) atoms. The second-order valence-electron chi connectivity index (χ2n) is 7.39. The minimum atomic E-state index is -0.591. The summed E-state index contributed by atoms with van der Waals surface area (Å²) in [7, 11) is 1.71. The van der Waals surface area contributed by atoms with Crippen molar-refractivity contribution < 1.29 is 9.18 Å². The molecule has 0 bridgehead atoms. The van der Waals surface area contributed by atoms with Crippen LogP contribution in [0, 0.1) is 11.7 Å². The van der Waals surface area contributed by atoms with Gasteiger partial charge in [-0.25, -0.2) is 14.4 Å². The molecule has 154 valence electrons. The highest BCUT2D eigenvalue weighted by Crippen LogP contribution is 2.29. The molecule has 3 N–H and O–H groups in total. The first kappa shape index (κ1) is 21.0. The number of anilines is 2. The molecular weight excluding hydrogens is 393 g/mol. The number of primary amides is 1. The number of aryl methyl sites for hydroxylation is 1. The van der Waals surface area contributed by atoms with Crippen LogP contribution in [-0.4, -0.2) is 20.4 Å². The SMILES string of the molecule is CC1CCCCC1.Cn1c(Nc2c(F)cccc2Cl)nc2cc(C(N)=O)cnc21. The molecule has 1 fully saturated rings. The Kier molecular flexibility index (Phi) is 6.69. The van der Waals surface area contributed by atoms with Gasteiger partial charge in [0.05, 0.1) is 16.3 Å². The van der Waals surface area contributed by atoms with Crippen LogP contribution in [0.3, 0.4) is 0 Å². The van der Waals surface area contributed by atoms with Crippen LogP contribution in [0.5, 0.6) is 0 Å². The number of pyridine rings is 1. The number of hydrogen-bond donors (Lipinski definition) is 2. The summed E-state index contributed by atoms with van der Waals surface area (Å²) in [4.78, 5) is 19.6. The Morgan fingerprint density at radius 2 is 2.03 bits per heavy atom. The zero-order chi connectivity index (χ0) is 21.0. The standard InChI is InChI=1S/C14H11ClFN5O.C7H14/c1-21-13-10(5-7(6-18-13)12(17)22)19-14(21)20-11-8(15)3-2-4-9(11)16;1-7-5-3-2-4-6-7/h2-6H,1H3,(H2,17,22)(H,19,20);7H,2-6H2,1H3. The van der Waals surface area contributed by atoms with Crippen molar-refractivity contribution in [2.75, 3.05) is 5.32 Å². The molecular formula is C21H25ClFN5O. The second-order valence-corrected chi connectivity index (χ2v) is 7.80. The van der Waals surface area contributed by atoms with Gasteiger partial charge < -0.3 is 11.1 Å². The third-order valence-corrected chi connectivity index (χ3v) is 5.40. The topological polar surface area (TPSA) is 85.8 Å². The Morgan fingerprint density at radius 3 is 2.62 bits per heavy atom. The molecule has 0 saturated heterocycles. The van der Waals surface area contributed by atoms with Crippen molar-refractivity contribution in [1.29, 1.82) is 0 Å². The van der Waals surface area contributed by atoms with Crippen molar-refractivity contribution in [3.63, 3.8) is 0 Å². The number of nitrogens with zero attached hydrogens (tertiary/aromatic N) is 3. The number of fused-ring (bicyclic) bond motifs is 1. The summed E-state index contributed by atoms with van der Waals surface area (Å²) in [5.74, 6) is 0.293. The molecule has 2 heterocycles. The third kappa shape index (κ3) is 5.03. The Labute approximate surface area is 174 Å². The highest BCUT2D eigenvalue weighted by atomic mass is 35.5. The van der Waals surface area contributed by atoms with Gasteiger partial charge in [-0.1, -0.05) is 56.7 Å². The Bertz CT molecular complexity index is 993. The zero-order valence-electron chi connectivity index (χ0n) is 16.6. The van der Waals surface area contributed by atoms with Gasteiger partial charge in [-0.2, -0.15) is 0 Å². The van der Waals surface area contributed by atoms with Gasteiger partial charge in [0.1, 0.15) is 11.3 Å². The molecule has 1 aliphatic rings. The van der Waals surface area contributed by atoms with Crippen molar-refractivity contribution in [2.45, 2.75) is 39.0 Å². The Hall–Kier alpha value is -2.67. The van der Waals surface area contributed by atoms with E-state index in [4.69, 9.17) is 17.3 Å². The van der Waals surface area contributed by atoms with Gasteiger partial charge in [0.2, 0.25) is 11.9 Å². The van der Waals surface area contributed by atoms with Crippen LogP contribution < -0.4 is 11.1 Å². The van der Waals surface area contributed by atoms with Crippen LogP contribution in [0.15, 0.2) is 30.5 Å². The van der Waals surface area contributed by atoms with Crippen molar-refractivity contribution in [2.24, 2.45) is 18.7 Å². The number of hydrogen-bond acceptors (Lipinski definition) is 4. The summed E-state index contributed by atoms with van der Waals surface area (Å²) in [5, 5.41) is 3.07. The second kappa shape index (κ2) is 9.22. The molecule has 6 nitrogen and oxygen atoms in total. The summed E-state index contributed by atoms with van der Waals surface area (Å²) in [6, 6.07) is 5.90. The van der Waals surface area contributed by atoms with Crippen molar-refractivity contribution in [3.8, 4) is 0 Å². The van der Waals surface area contributed by atoms with E-state index in [1.54, 1.807) is 17.7 Å². The van der Waals surface area contributed by atoms with Crippen LogP contribution in [0.25, 0.3) is 11.2 Å². The number of amides is 1. The van der Waals surface area contributed by atoms with Crippen LogP contribution >= 0.6 is 11.6 Å². The summed E-state index contributed by atoms with van der Waals surface area (Å²) < 4.78 is 15.5. The number of imidazole rings is 1. The molecule has 0 unspecified atom stereocenters. The molecule has 4 rings (SSSR count). The van der Waals surface area contributed by atoms with Gasteiger partial charge in [-0.15, -0.1) is 0 Å². The lowest BCUT2D eigenvalue weighted by Crippen LogP contribution is -2.11. The van der Waals surface area contributed by atoms with Crippen molar-refractivity contribution in [3.05, 3.63) is 46.9 Å². The summed E-state index contributed by atoms with van der Waals surface area (Å²) in [5.41, 5.74) is 6.58. The maximum Gasteiger partial charge on any atom is 0.250 e. The van der Waals surface area contributed by atoms with Gasteiger partial charge in [0.25, 0.3) is 0 Å². The van der Waals surface area contributed by atoms with E-state index >= 15 is 0 Å². The van der Waals surface area contributed by atoms with Crippen LogP contribution in [0.4, 0.5) is 16.0 Å². The minimum Gasteiger partial charge on any atom is -0.366 e. The van der Waals surface area contributed by atoms with E-state index in [-0.39, 0.29) is 16.3 Å². The molecule has 0 atom stereocenters. The molecule has 1 aromatic carbocycles. The fourth-order valence-electron chi connectivity index (χ4n) is 3.36. The highest BCUT2D eigenvalue weighted by molar-refractivity contribution is 6.33. The van der Waals surface area contributed by atoms with Gasteiger partial charge >= 0.3 is 0 Å². The van der Waals surface area contributed by atoms with Crippen LogP contribution in [0.2, 0.25) is 5.02 Å². The number of aromatic nitrogens is 3. The lowest BCUT2D eigenvalue weighted by Gasteiger charge is -2.15. The van der Waals surface area contributed by atoms with Crippen LogP contribution in [-0.2, 0) is 7.05 Å². The molecule has 8 heteroatoms. The average molecular weight is 418 g/mol. The summed E-state index contributed by atoms with van der Waals surface area (Å²) in [6.07, 6.45) is 8.80. The Morgan fingerprint density at radius 1 is 1.31 bits per heavy atom. The first-order valence-electron chi connectivity index (χ1n) is 9.70. The number of halogens is 2. The number of nitrogens with one attached hydrogen (secondary N) is 1. The smallest absolute Gasteiger partial charge is 0.250 e. The molecule has 3 aromatic rings. The number of nitrogens with two attached hydrogens (primary N) is 1. The molecule has 1 saturated carbocycles. The predicted octanol–water partition coefficient (Wildman–Crippen LogP) is 5.19. The number of carbonyl (C=O) groups is 1. The fraction of sp³-hybridized carbons (Fsp3) is 0.381. The molecule has 0 aliphatic heterocycles. The number of carbonyl (C=O) groups excluding carboxylic acids is 1. The monoisotopic (exact) mass is 417 g/mol. The number of benzene rings is 1. The van der Waals surface area contributed by atoms with E-state index in [1.807, 2.05) is 0 Å². The largest absolute Gasteiger partial charge is 0.366 e. The van der Waals surface area contributed by atoms with Gasteiger partial charge in [0, 0.05) is 13.2 Å². The minimum absolute atomic E-state index is 0.123. The number of rotatable bonds is 3. The molecule has 0 spiro atoms. The van der Waals surface area contributed by atoms with E-state index in [0.29, 0.717) is 17.1 Å². The maximum atomic E-state index is 13.8. The lowest BCUT2D eigenvalue weighted by atomic mass is 9.91. The van der Waals surface area contributed by atoms with E-state index in [1.165, 1.54) is 56.5 Å². The molecule has 1 aliphatic carbocycles. The lowest BCUT2D eigenvalue weighted by molar-refractivity contribution is 0.1000. The normalized spacial score (nSPS) is 14.3. The van der Waals surface area contributed by atoms with E-state index in [0.717, 1.165) is 5.92 Å². The van der Waals surface area contributed by atoms with E-state index in [9.17, 15) is 9.18 Å². The van der Waals surface area contributed by atoms with Crippen molar-refractivity contribution in [1.82, 2.24) is 14.5 Å².